The van der Waals surface area contributed by atoms with Crippen LogP contribution in [0, 0.1) is 6.92 Å². The SMILES string of the molecule is Cc1nccn1-c1ncccc1NC(=O)CCC(C)(C)N. The number of carbonyl (C=O) groups is 1. The van der Waals surface area contributed by atoms with Crippen molar-refractivity contribution in [1.29, 1.82) is 0 Å². The normalized spacial score (nSPS) is 11.4. The molecule has 6 heteroatoms. The van der Waals surface area contributed by atoms with Crippen molar-refractivity contribution in [3.05, 3.63) is 36.5 Å². The summed E-state index contributed by atoms with van der Waals surface area (Å²) in [5.41, 5.74) is 6.21. The number of pyridine rings is 1. The maximum absolute atomic E-state index is 12.0. The summed E-state index contributed by atoms with van der Waals surface area (Å²) in [7, 11) is 0. The zero-order chi connectivity index (χ0) is 15.5. The second-order valence-corrected chi connectivity index (χ2v) is 5.76. The molecule has 0 radical (unpaired) electrons. The minimum atomic E-state index is -0.351. The molecule has 112 valence electrons. The van der Waals surface area contributed by atoms with E-state index in [1.54, 1.807) is 18.5 Å². The first-order chi connectivity index (χ1) is 9.87. The highest BCUT2D eigenvalue weighted by Gasteiger charge is 2.15. The first-order valence-corrected chi connectivity index (χ1v) is 6.91. The van der Waals surface area contributed by atoms with Crippen molar-refractivity contribution < 1.29 is 4.79 Å². The minimum absolute atomic E-state index is 0.0689. The van der Waals surface area contributed by atoms with E-state index >= 15 is 0 Å². The number of nitrogens with zero attached hydrogens (tertiary/aromatic N) is 3. The van der Waals surface area contributed by atoms with Gasteiger partial charge in [-0.3, -0.25) is 9.36 Å². The first-order valence-electron chi connectivity index (χ1n) is 6.91. The molecule has 0 saturated heterocycles. The Morgan fingerprint density at radius 3 is 2.76 bits per heavy atom. The van der Waals surface area contributed by atoms with Crippen LogP contribution < -0.4 is 11.1 Å². The van der Waals surface area contributed by atoms with E-state index in [0.717, 1.165) is 5.82 Å². The number of rotatable bonds is 5. The van der Waals surface area contributed by atoms with Crippen molar-refractivity contribution in [3.63, 3.8) is 0 Å². The third-order valence-corrected chi connectivity index (χ3v) is 3.11. The lowest BCUT2D eigenvalue weighted by Gasteiger charge is -2.18. The number of aromatic nitrogens is 3. The molecule has 0 aliphatic rings. The molecule has 2 aromatic heterocycles. The van der Waals surface area contributed by atoms with Gasteiger partial charge in [-0.25, -0.2) is 9.97 Å². The number of carbonyl (C=O) groups excluding carboxylic acids is 1. The predicted octanol–water partition coefficient (Wildman–Crippen LogP) is 2.03. The molecule has 0 spiro atoms. The van der Waals surface area contributed by atoms with E-state index in [9.17, 15) is 4.79 Å². The molecule has 3 N–H and O–H groups in total. The van der Waals surface area contributed by atoms with Gasteiger partial charge in [0.1, 0.15) is 5.82 Å². The number of anilines is 1. The number of imidazole rings is 1. The van der Waals surface area contributed by atoms with Gasteiger partial charge in [-0.15, -0.1) is 0 Å². The van der Waals surface area contributed by atoms with Gasteiger partial charge in [-0.1, -0.05) is 0 Å². The van der Waals surface area contributed by atoms with Crippen molar-refractivity contribution in [2.24, 2.45) is 5.73 Å². The number of nitrogens with two attached hydrogens (primary N) is 1. The third kappa shape index (κ3) is 4.13. The van der Waals surface area contributed by atoms with E-state index < -0.39 is 0 Å². The van der Waals surface area contributed by atoms with Crippen molar-refractivity contribution >= 4 is 11.6 Å². The number of hydrogen-bond donors (Lipinski definition) is 2. The van der Waals surface area contributed by atoms with Gasteiger partial charge in [0.2, 0.25) is 5.91 Å². The van der Waals surface area contributed by atoms with Crippen molar-refractivity contribution in [1.82, 2.24) is 14.5 Å². The number of amides is 1. The standard InChI is InChI=1S/C15H21N5O/c1-11-17-9-10-20(11)14-12(5-4-8-18-14)19-13(21)6-7-15(2,3)16/h4-5,8-10H,6-7,16H2,1-3H3,(H,19,21). The molecule has 0 atom stereocenters. The van der Waals surface area contributed by atoms with Gasteiger partial charge in [-0.2, -0.15) is 0 Å². The summed E-state index contributed by atoms with van der Waals surface area (Å²) in [5.74, 6) is 1.40. The van der Waals surface area contributed by atoms with Crippen molar-refractivity contribution in [3.8, 4) is 5.82 Å². The Morgan fingerprint density at radius 1 is 1.38 bits per heavy atom. The summed E-state index contributed by atoms with van der Waals surface area (Å²) in [6.07, 6.45) is 6.20. The lowest BCUT2D eigenvalue weighted by atomic mass is 10.00. The Labute approximate surface area is 124 Å². The molecular weight excluding hydrogens is 266 g/mol. The molecule has 6 nitrogen and oxygen atoms in total. The van der Waals surface area contributed by atoms with Gasteiger partial charge in [0.05, 0.1) is 5.69 Å². The van der Waals surface area contributed by atoms with Crippen LogP contribution in [0.3, 0.4) is 0 Å². The first kappa shape index (κ1) is 15.2. The zero-order valence-corrected chi connectivity index (χ0v) is 12.6. The average Bonchev–Trinajstić information content (AvgIpc) is 2.82. The molecule has 2 rings (SSSR count). The number of aryl methyl sites for hydroxylation is 1. The van der Waals surface area contributed by atoms with E-state index in [-0.39, 0.29) is 11.4 Å². The Balaban J connectivity index is 2.14. The molecule has 0 bridgehead atoms. The van der Waals surface area contributed by atoms with Crippen LogP contribution in [0.15, 0.2) is 30.7 Å². The van der Waals surface area contributed by atoms with Crippen LogP contribution in [-0.2, 0) is 4.79 Å². The Bertz CT molecular complexity index is 627. The van der Waals surface area contributed by atoms with E-state index in [1.165, 1.54) is 0 Å². The summed E-state index contributed by atoms with van der Waals surface area (Å²) < 4.78 is 1.84. The Kier molecular flexibility index (Phi) is 4.37. The van der Waals surface area contributed by atoms with Gasteiger partial charge >= 0.3 is 0 Å². The fourth-order valence-electron chi connectivity index (χ4n) is 1.94. The molecule has 0 fully saturated rings. The van der Waals surface area contributed by atoms with Crippen LogP contribution in [0.5, 0.6) is 0 Å². The van der Waals surface area contributed by atoms with Crippen LogP contribution >= 0.6 is 0 Å². The van der Waals surface area contributed by atoms with E-state index in [4.69, 9.17) is 5.73 Å². The lowest BCUT2D eigenvalue weighted by Crippen LogP contribution is -2.33. The number of hydrogen-bond acceptors (Lipinski definition) is 4. The van der Waals surface area contributed by atoms with Crippen molar-refractivity contribution in [2.45, 2.75) is 39.2 Å². The summed E-state index contributed by atoms with van der Waals surface area (Å²) in [6, 6.07) is 3.62. The van der Waals surface area contributed by atoms with Gasteiger partial charge in [0, 0.05) is 30.6 Å². The smallest absolute Gasteiger partial charge is 0.224 e. The largest absolute Gasteiger partial charge is 0.326 e. The highest BCUT2D eigenvalue weighted by atomic mass is 16.1. The summed E-state index contributed by atoms with van der Waals surface area (Å²) >= 11 is 0. The minimum Gasteiger partial charge on any atom is -0.326 e. The van der Waals surface area contributed by atoms with Crippen LogP contribution in [0.25, 0.3) is 5.82 Å². The van der Waals surface area contributed by atoms with Gasteiger partial charge in [-0.05, 0) is 39.3 Å². The topological polar surface area (TPSA) is 85.8 Å². The van der Waals surface area contributed by atoms with Crippen LogP contribution in [0.2, 0.25) is 0 Å². The molecule has 2 aromatic rings. The molecule has 0 saturated carbocycles. The fourth-order valence-corrected chi connectivity index (χ4v) is 1.94. The predicted molar refractivity (Wildman–Crippen MR) is 82.2 cm³/mol. The average molecular weight is 287 g/mol. The van der Waals surface area contributed by atoms with Gasteiger partial charge in [0.15, 0.2) is 5.82 Å². The van der Waals surface area contributed by atoms with E-state index in [2.05, 4.69) is 15.3 Å². The highest BCUT2D eigenvalue weighted by Crippen LogP contribution is 2.19. The van der Waals surface area contributed by atoms with Gasteiger partial charge < -0.3 is 11.1 Å². The van der Waals surface area contributed by atoms with Crippen LogP contribution in [0.1, 0.15) is 32.5 Å². The van der Waals surface area contributed by atoms with Gasteiger partial charge in [0.25, 0.3) is 0 Å². The lowest BCUT2D eigenvalue weighted by molar-refractivity contribution is -0.116. The maximum atomic E-state index is 12.0. The van der Waals surface area contributed by atoms with E-state index in [0.29, 0.717) is 24.3 Å². The van der Waals surface area contributed by atoms with E-state index in [1.807, 2.05) is 37.6 Å². The molecule has 1 amide bonds. The third-order valence-electron chi connectivity index (χ3n) is 3.11. The molecular formula is C15H21N5O. The summed E-state index contributed by atoms with van der Waals surface area (Å²) in [5, 5.41) is 2.89. The second-order valence-electron chi connectivity index (χ2n) is 5.76. The van der Waals surface area contributed by atoms with Crippen LogP contribution in [0.4, 0.5) is 5.69 Å². The molecule has 0 aromatic carbocycles. The monoisotopic (exact) mass is 287 g/mol. The second kappa shape index (κ2) is 6.05. The molecule has 0 aliphatic heterocycles. The summed E-state index contributed by atoms with van der Waals surface area (Å²) in [6.45, 7) is 5.70. The fraction of sp³-hybridized carbons (Fsp3) is 0.400. The zero-order valence-electron chi connectivity index (χ0n) is 12.6. The van der Waals surface area contributed by atoms with Crippen molar-refractivity contribution in [2.75, 3.05) is 5.32 Å². The molecule has 2 heterocycles. The summed E-state index contributed by atoms with van der Waals surface area (Å²) in [4.78, 5) is 20.5. The Morgan fingerprint density at radius 2 is 2.14 bits per heavy atom. The maximum Gasteiger partial charge on any atom is 0.224 e. The van der Waals surface area contributed by atoms with Crippen LogP contribution in [-0.4, -0.2) is 26.0 Å². The highest BCUT2D eigenvalue weighted by molar-refractivity contribution is 5.92. The quantitative estimate of drug-likeness (QED) is 0.881. The Hall–Kier alpha value is -2.21. The molecule has 0 unspecified atom stereocenters. The molecule has 21 heavy (non-hydrogen) atoms. The number of nitrogens with one attached hydrogen (secondary N) is 1. The molecule has 0 aliphatic carbocycles.